The van der Waals surface area contributed by atoms with E-state index in [2.05, 4.69) is 4.85 Å². The number of halogens is 3. The maximum absolute atomic E-state index is 13.1. The largest absolute Gasteiger partial charge is 0.407 e. The fraction of sp³-hybridized carbons (Fsp3) is 0.238. The van der Waals surface area contributed by atoms with Crippen molar-refractivity contribution in [1.29, 1.82) is 0 Å². The lowest BCUT2D eigenvalue weighted by Gasteiger charge is -2.23. The third kappa shape index (κ3) is 3.92. The summed E-state index contributed by atoms with van der Waals surface area (Å²) in [7, 11) is 0. The molecule has 0 fully saturated rings. The van der Waals surface area contributed by atoms with Crippen LogP contribution in [-0.4, -0.2) is 21.1 Å². The number of alkyl halides is 3. The van der Waals surface area contributed by atoms with Crippen molar-refractivity contribution in [2.75, 3.05) is 0 Å². The summed E-state index contributed by atoms with van der Waals surface area (Å²) in [5.74, 6) is -0.603. The second kappa shape index (κ2) is 7.13. The molecule has 3 rings (SSSR count). The quantitative estimate of drug-likeness (QED) is 0.642. The highest BCUT2D eigenvalue weighted by Gasteiger charge is 2.35. The summed E-state index contributed by atoms with van der Waals surface area (Å²) < 4.78 is 41.1. The van der Waals surface area contributed by atoms with Crippen molar-refractivity contribution >= 4 is 22.4 Å². The van der Waals surface area contributed by atoms with E-state index in [1.165, 1.54) is 13.0 Å². The molecule has 7 heteroatoms. The number of benzene rings is 2. The Morgan fingerprint density at radius 3 is 2.57 bits per heavy atom. The minimum atomic E-state index is -4.69. The minimum absolute atomic E-state index is 0.0222. The van der Waals surface area contributed by atoms with Crippen LogP contribution in [0.15, 0.2) is 54.7 Å². The zero-order chi connectivity index (χ0) is 20.5. The van der Waals surface area contributed by atoms with Gasteiger partial charge in [0.1, 0.15) is 5.60 Å². The van der Waals surface area contributed by atoms with Crippen LogP contribution in [0.3, 0.4) is 0 Å². The second-order valence-corrected chi connectivity index (χ2v) is 6.84. The van der Waals surface area contributed by atoms with E-state index in [0.717, 1.165) is 23.0 Å². The van der Waals surface area contributed by atoms with Crippen LogP contribution in [-0.2, 0) is 23.9 Å². The molecule has 3 aromatic rings. The van der Waals surface area contributed by atoms with E-state index in [-0.39, 0.29) is 18.5 Å². The molecule has 0 unspecified atom stereocenters. The van der Waals surface area contributed by atoms with Gasteiger partial charge in [0.15, 0.2) is 11.5 Å². The molecule has 1 N–H and O–H groups in total. The first-order valence-electron chi connectivity index (χ1n) is 8.49. The van der Waals surface area contributed by atoms with Crippen molar-refractivity contribution in [3.8, 4) is 0 Å². The van der Waals surface area contributed by atoms with Crippen LogP contribution >= 0.6 is 0 Å². The summed E-state index contributed by atoms with van der Waals surface area (Å²) in [5, 5.41) is 11.6. The van der Waals surface area contributed by atoms with Crippen LogP contribution < -0.4 is 0 Å². The van der Waals surface area contributed by atoms with E-state index in [4.69, 9.17) is 6.57 Å². The number of rotatable bonds is 5. The molecule has 0 bridgehead atoms. The van der Waals surface area contributed by atoms with Crippen molar-refractivity contribution in [2.45, 2.75) is 31.7 Å². The summed E-state index contributed by atoms with van der Waals surface area (Å²) in [6.07, 6.45) is -3.31. The van der Waals surface area contributed by atoms with Crippen molar-refractivity contribution in [3.05, 3.63) is 77.3 Å². The normalized spacial score (nSPS) is 13.9. The third-order valence-electron chi connectivity index (χ3n) is 4.61. The van der Waals surface area contributed by atoms with Crippen LogP contribution in [0.4, 0.5) is 18.9 Å². The number of Topliss-reactive ketones (excluding diaryl/α,β-unsaturated/α-hetero) is 1. The predicted octanol–water partition coefficient (Wildman–Crippen LogP) is 4.77. The Kier molecular flexibility index (Phi) is 5.01. The van der Waals surface area contributed by atoms with Gasteiger partial charge in [-0.15, -0.1) is 0 Å². The number of hydrogen-bond acceptors (Lipinski definition) is 2. The third-order valence-corrected chi connectivity index (χ3v) is 4.61. The lowest BCUT2D eigenvalue weighted by atomic mass is 9.94. The van der Waals surface area contributed by atoms with Gasteiger partial charge in [-0.05, 0) is 30.0 Å². The summed E-state index contributed by atoms with van der Waals surface area (Å²) in [6.45, 7) is 8.19. The van der Waals surface area contributed by atoms with Gasteiger partial charge in [0, 0.05) is 18.1 Å². The molecule has 0 saturated carbocycles. The second-order valence-electron chi connectivity index (χ2n) is 6.84. The highest BCUT2D eigenvalue weighted by atomic mass is 19.4. The van der Waals surface area contributed by atoms with Crippen molar-refractivity contribution < 1.29 is 23.1 Å². The van der Waals surface area contributed by atoms with Gasteiger partial charge in [0.2, 0.25) is 0 Å². The molecule has 1 aromatic heterocycles. The smallest absolute Gasteiger partial charge is 0.380 e. The van der Waals surface area contributed by atoms with Crippen LogP contribution in [0.5, 0.6) is 0 Å². The SMILES string of the molecule is [C-]#[N+]c1ccc(CC(=O)[C@@](C)(O)Cn2ccc3ccccc32)cc1C(F)(F)F. The standard InChI is InChI=1S/C21H17F3N2O2/c1-20(28,13-26-10-9-15-5-3-4-6-18(15)26)19(27)12-14-7-8-17(25-2)16(11-14)21(22,23)24/h3-11,28H,12-13H2,1H3/t20-/m0/s1. The fourth-order valence-corrected chi connectivity index (χ4v) is 3.09. The summed E-state index contributed by atoms with van der Waals surface area (Å²) in [6, 6.07) is 12.5. The molecular formula is C21H17F3N2O2. The van der Waals surface area contributed by atoms with Crippen molar-refractivity contribution in [3.63, 3.8) is 0 Å². The van der Waals surface area contributed by atoms with E-state index in [1.807, 2.05) is 30.3 Å². The molecule has 144 valence electrons. The Bertz CT molecular complexity index is 1080. The number of para-hydroxylation sites is 1. The highest BCUT2D eigenvalue weighted by molar-refractivity contribution is 5.89. The molecule has 0 aliphatic heterocycles. The number of carbonyl (C=O) groups excluding carboxylic acids is 1. The minimum Gasteiger partial charge on any atom is -0.380 e. The van der Waals surface area contributed by atoms with E-state index in [1.54, 1.807) is 10.8 Å². The number of hydrogen-bond donors (Lipinski definition) is 1. The van der Waals surface area contributed by atoms with E-state index in [9.17, 15) is 23.1 Å². The first-order chi connectivity index (χ1) is 13.1. The number of aromatic nitrogens is 1. The monoisotopic (exact) mass is 386 g/mol. The topological polar surface area (TPSA) is 46.6 Å². The molecule has 28 heavy (non-hydrogen) atoms. The van der Waals surface area contributed by atoms with Gasteiger partial charge in [0.05, 0.1) is 18.7 Å². The van der Waals surface area contributed by atoms with Gasteiger partial charge in [-0.25, -0.2) is 4.85 Å². The van der Waals surface area contributed by atoms with E-state index in [0.29, 0.717) is 0 Å². The molecule has 0 spiro atoms. The van der Waals surface area contributed by atoms with Gasteiger partial charge in [-0.1, -0.05) is 36.4 Å². The summed E-state index contributed by atoms with van der Waals surface area (Å²) in [5.41, 5.74) is -2.42. The Labute approximate surface area is 159 Å². The summed E-state index contributed by atoms with van der Waals surface area (Å²) >= 11 is 0. The molecule has 2 aromatic carbocycles. The number of fused-ring (bicyclic) bond motifs is 1. The van der Waals surface area contributed by atoms with E-state index >= 15 is 0 Å². The average molecular weight is 386 g/mol. The highest BCUT2D eigenvalue weighted by Crippen LogP contribution is 2.37. The molecule has 0 aliphatic rings. The van der Waals surface area contributed by atoms with Crippen LogP contribution in [0.25, 0.3) is 15.7 Å². The molecule has 0 radical (unpaired) electrons. The maximum atomic E-state index is 13.1. The van der Waals surface area contributed by atoms with E-state index < -0.39 is 28.8 Å². The zero-order valence-corrected chi connectivity index (χ0v) is 15.0. The van der Waals surface area contributed by atoms with Gasteiger partial charge in [-0.2, -0.15) is 13.2 Å². The molecule has 0 amide bonds. The van der Waals surface area contributed by atoms with Gasteiger partial charge in [-0.3, -0.25) is 4.79 Å². The predicted molar refractivity (Wildman–Crippen MR) is 99.0 cm³/mol. The van der Waals surface area contributed by atoms with Gasteiger partial charge in [0.25, 0.3) is 0 Å². The first-order valence-corrected chi connectivity index (χ1v) is 8.49. The van der Waals surface area contributed by atoms with Gasteiger partial charge < -0.3 is 9.67 Å². The van der Waals surface area contributed by atoms with Crippen LogP contribution in [0.2, 0.25) is 0 Å². The Balaban J connectivity index is 1.83. The van der Waals surface area contributed by atoms with Crippen molar-refractivity contribution in [1.82, 2.24) is 4.57 Å². The zero-order valence-electron chi connectivity index (χ0n) is 15.0. The number of nitrogens with zero attached hydrogens (tertiary/aromatic N) is 2. The Morgan fingerprint density at radius 2 is 1.89 bits per heavy atom. The van der Waals surface area contributed by atoms with Crippen LogP contribution in [0, 0.1) is 6.57 Å². The Hall–Kier alpha value is -3.11. The first kappa shape index (κ1) is 19.6. The van der Waals surface area contributed by atoms with Crippen LogP contribution in [0.1, 0.15) is 18.1 Å². The average Bonchev–Trinajstić information content (AvgIpc) is 3.03. The van der Waals surface area contributed by atoms with Gasteiger partial charge >= 0.3 is 6.18 Å². The molecule has 0 aliphatic carbocycles. The number of carbonyl (C=O) groups is 1. The Morgan fingerprint density at radius 1 is 1.18 bits per heavy atom. The lowest BCUT2D eigenvalue weighted by molar-refractivity contribution is -0.138. The summed E-state index contributed by atoms with van der Waals surface area (Å²) in [4.78, 5) is 15.5. The molecular weight excluding hydrogens is 369 g/mol. The molecule has 1 heterocycles. The fourth-order valence-electron chi connectivity index (χ4n) is 3.09. The number of aliphatic hydroxyl groups is 1. The lowest BCUT2D eigenvalue weighted by Crippen LogP contribution is -2.40. The molecule has 4 nitrogen and oxygen atoms in total. The molecule has 1 atom stereocenters. The van der Waals surface area contributed by atoms with Crippen molar-refractivity contribution in [2.24, 2.45) is 0 Å². The molecule has 0 saturated heterocycles. The maximum Gasteiger partial charge on any atom is 0.407 e. The number of ketones is 1.